The second kappa shape index (κ2) is 7.13. The normalized spacial score (nSPS) is 31.7. The van der Waals surface area contributed by atoms with Gasteiger partial charge < -0.3 is 14.8 Å². The zero-order valence-corrected chi connectivity index (χ0v) is 16.1. The number of hydrogen-bond acceptors (Lipinski definition) is 3. The first-order valence-corrected chi connectivity index (χ1v) is 10.1. The molecule has 4 bridgehead atoms. The third kappa shape index (κ3) is 3.56. The Labute approximate surface area is 156 Å². The van der Waals surface area contributed by atoms with Gasteiger partial charge in [-0.05, 0) is 91.9 Å². The fourth-order valence-corrected chi connectivity index (χ4v) is 6.21. The molecule has 0 unspecified atom stereocenters. The highest BCUT2D eigenvalue weighted by Gasteiger charge is 2.50. The smallest absolute Gasteiger partial charge is 0.220 e. The number of nitrogens with one attached hydrogen (secondary N) is 1. The van der Waals surface area contributed by atoms with Gasteiger partial charge in [0, 0.05) is 13.0 Å². The SMILES string of the molecule is COc1ccc(OC)c(CCC(=O)NCC23CC4CC(CC(C4)C2)C3)c1. The van der Waals surface area contributed by atoms with Gasteiger partial charge in [0.05, 0.1) is 14.2 Å². The summed E-state index contributed by atoms with van der Waals surface area (Å²) in [7, 11) is 3.32. The summed E-state index contributed by atoms with van der Waals surface area (Å²) in [6, 6.07) is 5.75. The molecule has 0 aromatic heterocycles. The monoisotopic (exact) mass is 357 g/mol. The number of carbonyl (C=O) groups is 1. The number of hydrogen-bond donors (Lipinski definition) is 1. The number of carbonyl (C=O) groups excluding carboxylic acids is 1. The highest BCUT2D eigenvalue weighted by molar-refractivity contribution is 5.76. The molecule has 1 aromatic rings. The van der Waals surface area contributed by atoms with Crippen LogP contribution in [0.5, 0.6) is 11.5 Å². The van der Waals surface area contributed by atoms with E-state index in [9.17, 15) is 4.79 Å². The Hall–Kier alpha value is -1.71. The van der Waals surface area contributed by atoms with E-state index in [-0.39, 0.29) is 5.91 Å². The molecule has 26 heavy (non-hydrogen) atoms. The number of ether oxygens (including phenoxy) is 2. The summed E-state index contributed by atoms with van der Waals surface area (Å²) in [6.45, 7) is 0.880. The van der Waals surface area contributed by atoms with Crippen molar-refractivity contribution in [1.82, 2.24) is 5.32 Å². The van der Waals surface area contributed by atoms with Crippen molar-refractivity contribution in [1.29, 1.82) is 0 Å². The fraction of sp³-hybridized carbons (Fsp3) is 0.682. The number of benzene rings is 1. The summed E-state index contributed by atoms with van der Waals surface area (Å²) in [6.07, 6.45) is 9.52. The minimum absolute atomic E-state index is 0.158. The van der Waals surface area contributed by atoms with E-state index in [0.717, 1.165) is 41.4 Å². The molecule has 4 fully saturated rings. The minimum Gasteiger partial charge on any atom is -0.497 e. The van der Waals surface area contributed by atoms with E-state index in [1.807, 2.05) is 18.2 Å². The van der Waals surface area contributed by atoms with E-state index in [2.05, 4.69) is 5.32 Å². The molecule has 142 valence electrons. The summed E-state index contributed by atoms with van der Waals surface area (Å²) in [5.74, 6) is 4.57. The molecule has 4 nitrogen and oxygen atoms in total. The van der Waals surface area contributed by atoms with Gasteiger partial charge in [-0.1, -0.05) is 0 Å². The highest BCUT2D eigenvalue weighted by atomic mass is 16.5. The van der Waals surface area contributed by atoms with Gasteiger partial charge in [-0.25, -0.2) is 0 Å². The van der Waals surface area contributed by atoms with Crippen LogP contribution in [0.25, 0.3) is 0 Å². The molecule has 0 heterocycles. The standard InChI is InChI=1S/C22H31NO3/c1-25-19-4-5-20(26-2)18(10-19)3-6-21(24)23-14-22-11-15-7-16(12-22)9-17(8-15)13-22/h4-5,10,15-17H,3,6-9,11-14H2,1-2H3,(H,23,24). The first kappa shape index (κ1) is 17.7. The van der Waals surface area contributed by atoms with Crippen LogP contribution in [0.4, 0.5) is 0 Å². The lowest BCUT2D eigenvalue weighted by Gasteiger charge is -2.56. The van der Waals surface area contributed by atoms with Crippen molar-refractivity contribution in [3.05, 3.63) is 23.8 Å². The summed E-state index contributed by atoms with van der Waals surface area (Å²) >= 11 is 0. The zero-order chi connectivity index (χ0) is 18.1. The Morgan fingerprint density at radius 3 is 2.31 bits per heavy atom. The molecule has 0 aliphatic heterocycles. The number of amides is 1. The van der Waals surface area contributed by atoms with Crippen molar-refractivity contribution in [2.24, 2.45) is 23.2 Å². The maximum atomic E-state index is 12.5. The van der Waals surface area contributed by atoms with Gasteiger partial charge in [0.25, 0.3) is 0 Å². The zero-order valence-electron chi connectivity index (χ0n) is 16.1. The van der Waals surface area contributed by atoms with E-state index in [0.29, 0.717) is 18.3 Å². The Kier molecular flexibility index (Phi) is 4.85. The molecule has 4 saturated carbocycles. The third-order valence-corrected chi connectivity index (χ3v) is 6.93. The molecule has 4 aliphatic carbocycles. The van der Waals surface area contributed by atoms with Crippen LogP contribution in [0.3, 0.4) is 0 Å². The first-order chi connectivity index (χ1) is 12.6. The van der Waals surface area contributed by atoms with Crippen molar-refractivity contribution < 1.29 is 14.3 Å². The van der Waals surface area contributed by atoms with Crippen molar-refractivity contribution >= 4 is 5.91 Å². The predicted octanol–water partition coefficient (Wildman–Crippen LogP) is 3.97. The van der Waals surface area contributed by atoms with Crippen LogP contribution in [0.15, 0.2) is 18.2 Å². The number of rotatable bonds is 7. The predicted molar refractivity (Wildman–Crippen MR) is 101 cm³/mol. The summed E-state index contributed by atoms with van der Waals surface area (Å²) in [4.78, 5) is 12.5. The summed E-state index contributed by atoms with van der Waals surface area (Å²) < 4.78 is 10.7. The number of aryl methyl sites for hydroxylation is 1. The highest BCUT2D eigenvalue weighted by Crippen LogP contribution is 2.59. The van der Waals surface area contributed by atoms with Crippen LogP contribution in [0.1, 0.15) is 50.5 Å². The number of methoxy groups -OCH3 is 2. The lowest BCUT2D eigenvalue weighted by atomic mass is 9.49. The van der Waals surface area contributed by atoms with Crippen LogP contribution < -0.4 is 14.8 Å². The second-order valence-electron chi connectivity index (χ2n) is 8.87. The molecular formula is C22H31NO3. The van der Waals surface area contributed by atoms with E-state index in [1.54, 1.807) is 14.2 Å². The summed E-state index contributed by atoms with van der Waals surface area (Å²) in [5.41, 5.74) is 1.43. The Morgan fingerprint density at radius 2 is 1.73 bits per heavy atom. The average Bonchev–Trinajstić information content (AvgIpc) is 2.63. The average molecular weight is 357 g/mol. The second-order valence-corrected chi connectivity index (χ2v) is 8.87. The van der Waals surface area contributed by atoms with Gasteiger partial charge in [0.15, 0.2) is 0 Å². The van der Waals surface area contributed by atoms with Gasteiger partial charge in [-0.2, -0.15) is 0 Å². The van der Waals surface area contributed by atoms with Crippen LogP contribution >= 0.6 is 0 Å². The molecule has 0 atom stereocenters. The molecule has 0 saturated heterocycles. The van der Waals surface area contributed by atoms with Crippen molar-refractivity contribution in [2.75, 3.05) is 20.8 Å². The third-order valence-electron chi connectivity index (χ3n) is 6.93. The maximum Gasteiger partial charge on any atom is 0.220 e. The Balaban J connectivity index is 1.31. The molecular weight excluding hydrogens is 326 g/mol. The van der Waals surface area contributed by atoms with Crippen LogP contribution in [-0.2, 0) is 11.2 Å². The van der Waals surface area contributed by atoms with E-state index < -0.39 is 0 Å². The molecule has 1 aromatic carbocycles. The molecule has 1 amide bonds. The lowest BCUT2D eigenvalue weighted by Crippen LogP contribution is -2.51. The first-order valence-electron chi connectivity index (χ1n) is 10.1. The fourth-order valence-electron chi connectivity index (χ4n) is 6.21. The van der Waals surface area contributed by atoms with Gasteiger partial charge in [0.1, 0.15) is 11.5 Å². The lowest BCUT2D eigenvalue weighted by molar-refractivity contribution is -0.123. The molecule has 5 rings (SSSR count). The van der Waals surface area contributed by atoms with Crippen molar-refractivity contribution in [3.63, 3.8) is 0 Å². The Bertz CT molecular complexity index is 634. The van der Waals surface area contributed by atoms with E-state index in [1.165, 1.54) is 38.5 Å². The Morgan fingerprint density at radius 1 is 1.08 bits per heavy atom. The summed E-state index contributed by atoms with van der Waals surface area (Å²) in [5, 5.41) is 3.27. The molecule has 4 heteroatoms. The van der Waals surface area contributed by atoms with Gasteiger partial charge in [-0.15, -0.1) is 0 Å². The molecule has 0 radical (unpaired) electrons. The van der Waals surface area contributed by atoms with Crippen LogP contribution in [0.2, 0.25) is 0 Å². The van der Waals surface area contributed by atoms with Gasteiger partial charge in [0.2, 0.25) is 5.91 Å². The van der Waals surface area contributed by atoms with Crippen LogP contribution in [0, 0.1) is 23.2 Å². The largest absolute Gasteiger partial charge is 0.497 e. The van der Waals surface area contributed by atoms with Crippen LogP contribution in [-0.4, -0.2) is 26.7 Å². The molecule has 4 aliphatic rings. The minimum atomic E-state index is 0.158. The van der Waals surface area contributed by atoms with E-state index in [4.69, 9.17) is 9.47 Å². The van der Waals surface area contributed by atoms with Crippen molar-refractivity contribution in [2.45, 2.75) is 51.4 Å². The molecule has 1 N–H and O–H groups in total. The van der Waals surface area contributed by atoms with E-state index >= 15 is 0 Å². The van der Waals surface area contributed by atoms with Gasteiger partial charge >= 0.3 is 0 Å². The molecule has 0 spiro atoms. The quantitative estimate of drug-likeness (QED) is 0.803. The van der Waals surface area contributed by atoms with Crippen molar-refractivity contribution in [3.8, 4) is 11.5 Å². The topological polar surface area (TPSA) is 47.6 Å². The van der Waals surface area contributed by atoms with Gasteiger partial charge in [-0.3, -0.25) is 4.79 Å². The maximum absolute atomic E-state index is 12.5.